The second kappa shape index (κ2) is 8.30. The minimum absolute atomic E-state index is 0.173. The number of aryl methyl sites for hydroxylation is 1. The van der Waals surface area contributed by atoms with Gasteiger partial charge >= 0.3 is 5.97 Å². The Bertz CT molecular complexity index is 805. The van der Waals surface area contributed by atoms with Crippen molar-refractivity contribution in [1.29, 1.82) is 5.26 Å². The zero-order valence-corrected chi connectivity index (χ0v) is 14.4. The molecule has 132 valence electrons. The molecule has 0 aliphatic heterocycles. The number of amides is 1. The van der Waals surface area contributed by atoms with Gasteiger partial charge in [0.15, 0.2) is 0 Å². The molecule has 1 fully saturated rings. The third-order valence-electron chi connectivity index (χ3n) is 4.21. The van der Waals surface area contributed by atoms with Crippen molar-refractivity contribution in [2.24, 2.45) is 0 Å². The van der Waals surface area contributed by atoms with Crippen LogP contribution in [0.3, 0.4) is 0 Å². The van der Waals surface area contributed by atoms with Gasteiger partial charge in [0.2, 0.25) is 6.10 Å². The quantitative estimate of drug-likeness (QED) is 0.780. The molecule has 1 aliphatic carbocycles. The van der Waals surface area contributed by atoms with Crippen LogP contribution in [-0.2, 0) is 20.7 Å². The van der Waals surface area contributed by atoms with Gasteiger partial charge in [0.05, 0.1) is 11.6 Å². The van der Waals surface area contributed by atoms with Gasteiger partial charge in [0.1, 0.15) is 0 Å². The predicted octanol–water partition coefficient (Wildman–Crippen LogP) is 3.05. The Morgan fingerprint density at radius 3 is 2.42 bits per heavy atom. The third kappa shape index (κ3) is 4.93. The van der Waals surface area contributed by atoms with Crippen molar-refractivity contribution >= 4 is 11.9 Å². The lowest BCUT2D eigenvalue weighted by molar-refractivity contribution is -0.156. The zero-order valence-electron chi connectivity index (χ0n) is 14.4. The van der Waals surface area contributed by atoms with Crippen LogP contribution in [-0.4, -0.2) is 17.9 Å². The van der Waals surface area contributed by atoms with E-state index in [-0.39, 0.29) is 18.4 Å². The molecule has 26 heavy (non-hydrogen) atoms. The molecular weight excluding hydrogens is 328 g/mol. The second-order valence-corrected chi connectivity index (χ2v) is 6.37. The molecule has 5 heteroatoms. The lowest BCUT2D eigenvalue weighted by Gasteiger charge is -2.18. The summed E-state index contributed by atoms with van der Waals surface area (Å²) >= 11 is 0. The van der Waals surface area contributed by atoms with E-state index >= 15 is 0 Å². The molecule has 0 heterocycles. The SMILES string of the molecule is N#Cc1ccc(CCC(=O)O[C@H](C(=O)NC2CC2)c2ccccc2)cc1. The third-order valence-corrected chi connectivity index (χ3v) is 4.21. The number of nitrogens with one attached hydrogen (secondary N) is 1. The number of hydrogen-bond acceptors (Lipinski definition) is 4. The average molecular weight is 348 g/mol. The van der Waals surface area contributed by atoms with E-state index in [1.807, 2.05) is 30.3 Å². The molecule has 0 unspecified atom stereocenters. The van der Waals surface area contributed by atoms with Gasteiger partial charge in [0, 0.05) is 18.0 Å². The van der Waals surface area contributed by atoms with Crippen molar-refractivity contribution in [3.05, 3.63) is 71.3 Å². The molecular formula is C21H20N2O3. The van der Waals surface area contributed by atoms with Gasteiger partial charge in [-0.25, -0.2) is 0 Å². The van der Waals surface area contributed by atoms with E-state index in [0.29, 0.717) is 17.5 Å². The molecule has 0 saturated heterocycles. The molecule has 0 aromatic heterocycles. The van der Waals surface area contributed by atoms with Crippen LogP contribution < -0.4 is 5.32 Å². The van der Waals surface area contributed by atoms with Gasteiger partial charge in [-0.15, -0.1) is 0 Å². The minimum Gasteiger partial charge on any atom is -0.447 e. The first-order chi connectivity index (χ1) is 12.7. The number of benzene rings is 2. The van der Waals surface area contributed by atoms with Crippen LogP contribution in [0.1, 0.15) is 42.1 Å². The number of nitriles is 1. The molecule has 1 amide bonds. The smallest absolute Gasteiger partial charge is 0.307 e. The Morgan fingerprint density at radius 2 is 1.81 bits per heavy atom. The van der Waals surface area contributed by atoms with Gasteiger partial charge in [0.25, 0.3) is 5.91 Å². The first kappa shape index (κ1) is 17.7. The van der Waals surface area contributed by atoms with Gasteiger partial charge in [-0.1, -0.05) is 42.5 Å². The number of rotatable bonds is 7. The van der Waals surface area contributed by atoms with Crippen molar-refractivity contribution in [2.45, 2.75) is 37.8 Å². The van der Waals surface area contributed by atoms with Crippen molar-refractivity contribution < 1.29 is 14.3 Å². The van der Waals surface area contributed by atoms with Crippen LogP contribution in [0.4, 0.5) is 0 Å². The fourth-order valence-corrected chi connectivity index (χ4v) is 2.59. The molecule has 0 spiro atoms. The van der Waals surface area contributed by atoms with Crippen molar-refractivity contribution in [3.63, 3.8) is 0 Å². The molecule has 1 aliphatic rings. The summed E-state index contributed by atoms with van der Waals surface area (Å²) in [6.45, 7) is 0. The van der Waals surface area contributed by atoms with E-state index in [1.165, 1.54) is 0 Å². The van der Waals surface area contributed by atoms with E-state index in [2.05, 4.69) is 11.4 Å². The first-order valence-electron chi connectivity index (χ1n) is 8.69. The maximum atomic E-state index is 12.5. The Balaban J connectivity index is 1.60. The van der Waals surface area contributed by atoms with Crippen LogP contribution in [0.2, 0.25) is 0 Å². The van der Waals surface area contributed by atoms with Crippen molar-refractivity contribution in [1.82, 2.24) is 5.32 Å². The number of nitrogens with zero attached hydrogens (tertiary/aromatic N) is 1. The summed E-state index contributed by atoms with van der Waals surface area (Å²) in [5.41, 5.74) is 2.19. The van der Waals surface area contributed by atoms with E-state index < -0.39 is 12.1 Å². The maximum absolute atomic E-state index is 12.5. The highest BCUT2D eigenvalue weighted by Gasteiger charge is 2.30. The fourth-order valence-electron chi connectivity index (χ4n) is 2.59. The summed E-state index contributed by atoms with van der Waals surface area (Å²) in [4.78, 5) is 24.7. The maximum Gasteiger partial charge on any atom is 0.307 e. The number of carbonyl (C=O) groups excluding carboxylic acids is 2. The number of ether oxygens (including phenoxy) is 1. The number of carbonyl (C=O) groups is 2. The van der Waals surface area contributed by atoms with E-state index in [9.17, 15) is 9.59 Å². The van der Waals surface area contributed by atoms with Gasteiger partial charge in [-0.05, 0) is 37.0 Å². The molecule has 5 nitrogen and oxygen atoms in total. The molecule has 2 aromatic carbocycles. The molecule has 1 atom stereocenters. The first-order valence-corrected chi connectivity index (χ1v) is 8.69. The van der Waals surface area contributed by atoms with Crippen LogP contribution in [0.15, 0.2) is 54.6 Å². The highest BCUT2D eigenvalue weighted by atomic mass is 16.5. The zero-order chi connectivity index (χ0) is 18.4. The van der Waals surface area contributed by atoms with Crippen LogP contribution in [0, 0.1) is 11.3 Å². The predicted molar refractivity (Wildman–Crippen MR) is 95.9 cm³/mol. The molecule has 1 saturated carbocycles. The number of esters is 1. The molecule has 2 aromatic rings. The second-order valence-electron chi connectivity index (χ2n) is 6.37. The average Bonchev–Trinajstić information content (AvgIpc) is 3.49. The van der Waals surface area contributed by atoms with E-state index in [0.717, 1.165) is 18.4 Å². The fraction of sp³-hybridized carbons (Fsp3) is 0.286. The monoisotopic (exact) mass is 348 g/mol. The number of hydrogen-bond donors (Lipinski definition) is 1. The minimum atomic E-state index is -0.926. The molecule has 0 bridgehead atoms. The van der Waals surface area contributed by atoms with E-state index in [1.54, 1.807) is 24.3 Å². The van der Waals surface area contributed by atoms with Crippen LogP contribution in [0.5, 0.6) is 0 Å². The Morgan fingerprint density at radius 1 is 1.12 bits per heavy atom. The molecule has 1 N–H and O–H groups in total. The van der Waals surface area contributed by atoms with Crippen molar-refractivity contribution in [2.75, 3.05) is 0 Å². The van der Waals surface area contributed by atoms with Gasteiger partial charge < -0.3 is 10.1 Å². The van der Waals surface area contributed by atoms with Crippen LogP contribution >= 0.6 is 0 Å². The van der Waals surface area contributed by atoms with Crippen LogP contribution in [0.25, 0.3) is 0 Å². The summed E-state index contributed by atoms with van der Waals surface area (Å²) in [6.07, 6.45) is 1.69. The topological polar surface area (TPSA) is 79.2 Å². The van der Waals surface area contributed by atoms with Gasteiger partial charge in [-0.2, -0.15) is 5.26 Å². The molecule has 0 radical (unpaired) electrons. The Labute approximate surface area is 152 Å². The standard InChI is InChI=1S/C21H20N2O3/c22-14-16-8-6-15(7-9-16)10-13-19(24)26-20(17-4-2-1-3-5-17)21(25)23-18-11-12-18/h1-9,18,20H,10-13H2,(H,23,25)/t20-/m0/s1. The normalized spacial score (nSPS) is 14.1. The summed E-state index contributed by atoms with van der Waals surface area (Å²) in [5, 5.41) is 11.7. The largest absolute Gasteiger partial charge is 0.447 e. The van der Waals surface area contributed by atoms with Crippen molar-refractivity contribution in [3.8, 4) is 6.07 Å². The Kier molecular flexibility index (Phi) is 5.65. The summed E-state index contributed by atoms with van der Waals surface area (Å²) in [5.74, 6) is -0.695. The summed E-state index contributed by atoms with van der Waals surface area (Å²) < 4.78 is 5.49. The highest BCUT2D eigenvalue weighted by Crippen LogP contribution is 2.23. The lowest BCUT2D eigenvalue weighted by atomic mass is 10.1. The van der Waals surface area contributed by atoms with Gasteiger partial charge in [-0.3, -0.25) is 9.59 Å². The Hall–Kier alpha value is -3.13. The highest BCUT2D eigenvalue weighted by molar-refractivity contribution is 5.85. The van der Waals surface area contributed by atoms with E-state index in [4.69, 9.17) is 10.00 Å². The lowest BCUT2D eigenvalue weighted by Crippen LogP contribution is -2.33. The summed E-state index contributed by atoms with van der Waals surface area (Å²) in [7, 11) is 0. The molecule has 3 rings (SSSR count). The summed E-state index contributed by atoms with van der Waals surface area (Å²) in [6, 6.07) is 18.4.